The predicted molar refractivity (Wildman–Crippen MR) is 141 cm³/mol. The van der Waals surface area contributed by atoms with Crippen LogP contribution in [0.4, 0.5) is 20.6 Å². The Morgan fingerprint density at radius 3 is 2.51 bits per heavy atom. The van der Waals surface area contributed by atoms with Crippen LogP contribution in [0.15, 0.2) is 53.4 Å². The van der Waals surface area contributed by atoms with E-state index in [2.05, 4.69) is 0 Å². The first-order chi connectivity index (χ1) is 17.7. The van der Waals surface area contributed by atoms with Crippen LogP contribution in [0.2, 0.25) is 0 Å². The molecule has 2 aliphatic heterocycles. The van der Waals surface area contributed by atoms with Crippen molar-refractivity contribution < 1.29 is 18.9 Å². The van der Waals surface area contributed by atoms with E-state index in [0.717, 1.165) is 59.5 Å². The highest BCUT2D eigenvalue weighted by Gasteiger charge is 2.35. The zero-order chi connectivity index (χ0) is 26.3. The number of hydrogen-bond acceptors (Lipinski definition) is 6. The summed E-state index contributed by atoms with van der Waals surface area (Å²) in [5, 5.41) is 11.4. The third-order valence-electron chi connectivity index (χ3n) is 6.78. The number of imide groups is 1. The minimum atomic E-state index is -0.478. The summed E-state index contributed by atoms with van der Waals surface area (Å²) in [6, 6.07) is 13.2. The average Bonchev–Trinajstić information content (AvgIpc) is 3.56. The number of aryl methyl sites for hydroxylation is 1. The van der Waals surface area contributed by atoms with E-state index in [1.54, 1.807) is 36.4 Å². The number of benzene rings is 2. The Hall–Kier alpha value is -3.92. The summed E-state index contributed by atoms with van der Waals surface area (Å²) < 4.78 is 16.0. The molecule has 1 aromatic heterocycles. The second-order valence-corrected chi connectivity index (χ2v) is 10.1. The molecule has 2 amide bonds. The number of carbonyl (C=O) groups is 2. The summed E-state index contributed by atoms with van der Waals surface area (Å²) in [6.45, 7) is 5.22. The number of nitro groups is 1. The maximum absolute atomic E-state index is 14.1. The van der Waals surface area contributed by atoms with Gasteiger partial charge in [-0.1, -0.05) is 18.2 Å². The number of hydrogen-bond donors (Lipinski definition) is 0. The number of nitrogens with zero attached hydrogens (tertiary/aromatic N) is 4. The number of thioether (sulfide) groups is 1. The van der Waals surface area contributed by atoms with E-state index < -0.39 is 17.0 Å². The number of amides is 2. The average molecular weight is 521 g/mol. The molecule has 0 radical (unpaired) electrons. The number of nitro benzene ring substituents is 1. The van der Waals surface area contributed by atoms with Crippen LogP contribution in [0.3, 0.4) is 0 Å². The van der Waals surface area contributed by atoms with Crippen molar-refractivity contribution in [3.8, 4) is 5.69 Å². The van der Waals surface area contributed by atoms with Gasteiger partial charge in [-0.05, 0) is 74.4 Å². The maximum Gasteiger partial charge on any atom is 0.294 e. The summed E-state index contributed by atoms with van der Waals surface area (Å²) in [4.78, 5) is 40.4. The van der Waals surface area contributed by atoms with Gasteiger partial charge in [-0.3, -0.25) is 24.6 Å². The monoisotopic (exact) mass is 520 g/mol. The van der Waals surface area contributed by atoms with Crippen molar-refractivity contribution in [1.29, 1.82) is 0 Å². The minimum Gasteiger partial charge on any atom is -0.366 e. The largest absolute Gasteiger partial charge is 0.366 e. The molecule has 5 rings (SSSR count). The van der Waals surface area contributed by atoms with Crippen molar-refractivity contribution in [3.05, 3.63) is 91.9 Å². The molecule has 0 aliphatic carbocycles. The molecule has 0 unspecified atom stereocenters. The lowest BCUT2D eigenvalue weighted by Gasteiger charge is -2.19. The van der Waals surface area contributed by atoms with Gasteiger partial charge in [0.2, 0.25) is 0 Å². The van der Waals surface area contributed by atoms with E-state index in [4.69, 9.17) is 0 Å². The first-order valence-electron chi connectivity index (χ1n) is 12.0. The summed E-state index contributed by atoms with van der Waals surface area (Å²) in [5.41, 5.74) is 3.93. The van der Waals surface area contributed by atoms with Gasteiger partial charge < -0.3 is 9.47 Å². The smallest absolute Gasteiger partial charge is 0.294 e. The molecule has 2 fully saturated rings. The van der Waals surface area contributed by atoms with E-state index in [1.807, 2.05) is 35.4 Å². The van der Waals surface area contributed by atoms with Gasteiger partial charge in [-0.25, -0.2) is 4.39 Å². The third-order valence-corrected chi connectivity index (χ3v) is 7.68. The summed E-state index contributed by atoms with van der Waals surface area (Å²) in [6.07, 6.45) is 3.69. The molecule has 0 atom stereocenters. The normalized spacial score (nSPS) is 16.9. The zero-order valence-corrected chi connectivity index (χ0v) is 21.3. The van der Waals surface area contributed by atoms with Crippen molar-refractivity contribution in [3.63, 3.8) is 0 Å². The molecule has 2 saturated heterocycles. The van der Waals surface area contributed by atoms with E-state index in [9.17, 15) is 24.1 Å². The van der Waals surface area contributed by atoms with Crippen LogP contribution in [0.1, 0.15) is 35.4 Å². The second-order valence-electron chi connectivity index (χ2n) is 9.15. The molecule has 2 aromatic carbocycles. The zero-order valence-electron chi connectivity index (χ0n) is 20.4. The fourth-order valence-electron chi connectivity index (χ4n) is 4.93. The Kier molecular flexibility index (Phi) is 6.59. The van der Waals surface area contributed by atoms with Gasteiger partial charge in [0.1, 0.15) is 11.5 Å². The molecule has 0 spiro atoms. The number of halogens is 1. The van der Waals surface area contributed by atoms with E-state index >= 15 is 0 Å². The van der Waals surface area contributed by atoms with Crippen molar-refractivity contribution >= 4 is 40.4 Å². The quantitative estimate of drug-likeness (QED) is 0.226. The Bertz CT molecular complexity index is 1460. The molecule has 2 aliphatic rings. The predicted octanol–water partition coefficient (Wildman–Crippen LogP) is 5.98. The fraction of sp³-hybridized carbons (Fsp3) is 0.259. The number of anilines is 1. The van der Waals surface area contributed by atoms with Gasteiger partial charge in [0, 0.05) is 36.1 Å². The van der Waals surface area contributed by atoms with Crippen molar-refractivity contribution in [2.75, 3.05) is 18.0 Å². The van der Waals surface area contributed by atoms with Gasteiger partial charge in [-0.2, -0.15) is 0 Å². The first-order valence-corrected chi connectivity index (χ1v) is 12.8. The van der Waals surface area contributed by atoms with Gasteiger partial charge in [0.25, 0.3) is 16.8 Å². The molecule has 10 heteroatoms. The molecule has 0 bridgehead atoms. The Balaban J connectivity index is 1.45. The van der Waals surface area contributed by atoms with Crippen molar-refractivity contribution in [1.82, 2.24) is 9.47 Å². The highest BCUT2D eigenvalue weighted by Crippen LogP contribution is 2.37. The fourth-order valence-corrected chi connectivity index (χ4v) is 5.76. The van der Waals surface area contributed by atoms with Crippen LogP contribution in [0.5, 0.6) is 0 Å². The lowest BCUT2D eigenvalue weighted by atomic mass is 10.2. The van der Waals surface area contributed by atoms with Crippen LogP contribution in [-0.2, 0) is 11.3 Å². The van der Waals surface area contributed by atoms with Crippen LogP contribution in [0.25, 0.3) is 11.8 Å². The number of carbonyl (C=O) groups excluding carboxylic acids is 2. The Labute approximate surface area is 217 Å². The molecule has 8 nitrogen and oxygen atoms in total. The van der Waals surface area contributed by atoms with E-state index in [1.165, 1.54) is 6.07 Å². The molecule has 3 heterocycles. The second kappa shape index (κ2) is 9.85. The van der Waals surface area contributed by atoms with Crippen LogP contribution >= 0.6 is 11.8 Å². The molecule has 0 N–H and O–H groups in total. The first kappa shape index (κ1) is 24.8. The van der Waals surface area contributed by atoms with Crippen molar-refractivity contribution in [2.24, 2.45) is 0 Å². The lowest BCUT2D eigenvalue weighted by molar-refractivity contribution is -0.384. The standard InChI is InChI=1S/C27H25FN4O4S/c1-17-13-20(14-25-26(33)30(27(34)37-25)16-19-7-3-4-8-22(19)28)18(2)31(17)21-9-10-23(24(15-21)32(35)36)29-11-5-6-12-29/h3-4,7-10,13-15H,5-6,11-12,16H2,1-2H3/b25-14-. The van der Waals surface area contributed by atoms with Crippen molar-refractivity contribution in [2.45, 2.75) is 33.2 Å². The van der Waals surface area contributed by atoms with E-state index in [0.29, 0.717) is 11.4 Å². The highest BCUT2D eigenvalue weighted by molar-refractivity contribution is 8.18. The molecule has 190 valence electrons. The third kappa shape index (κ3) is 4.64. The summed E-state index contributed by atoms with van der Waals surface area (Å²) >= 11 is 0.816. The number of aromatic nitrogens is 1. The Morgan fingerprint density at radius 1 is 1.08 bits per heavy atom. The van der Waals surface area contributed by atoms with Gasteiger partial charge >= 0.3 is 0 Å². The van der Waals surface area contributed by atoms with Crippen LogP contribution in [-0.4, -0.2) is 38.6 Å². The van der Waals surface area contributed by atoms with Crippen LogP contribution in [0, 0.1) is 29.8 Å². The molecule has 37 heavy (non-hydrogen) atoms. The Morgan fingerprint density at radius 2 is 1.81 bits per heavy atom. The molecular weight excluding hydrogens is 495 g/mol. The molecule has 3 aromatic rings. The molecular formula is C27H25FN4O4S. The van der Waals surface area contributed by atoms with Crippen LogP contribution < -0.4 is 4.90 Å². The minimum absolute atomic E-state index is 0.0581. The summed E-state index contributed by atoms with van der Waals surface area (Å²) in [5.74, 6) is -0.951. The van der Waals surface area contributed by atoms with Gasteiger partial charge in [0.05, 0.1) is 22.1 Å². The lowest BCUT2D eigenvalue weighted by Crippen LogP contribution is -2.27. The van der Waals surface area contributed by atoms with Gasteiger partial charge in [0.15, 0.2) is 0 Å². The summed E-state index contributed by atoms with van der Waals surface area (Å²) in [7, 11) is 0. The topological polar surface area (TPSA) is 88.7 Å². The molecule has 0 saturated carbocycles. The van der Waals surface area contributed by atoms with Gasteiger partial charge in [-0.15, -0.1) is 0 Å². The SMILES string of the molecule is Cc1cc(/C=C2\SC(=O)N(Cc3ccccc3F)C2=O)c(C)n1-c1ccc(N2CCCC2)c([N+](=O)[O-])c1. The highest BCUT2D eigenvalue weighted by atomic mass is 32.2. The maximum atomic E-state index is 14.1. The number of rotatable bonds is 6. The van der Waals surface area contributed by atoms with E-state index in [-0.39, 0.29) is 27.6 Å².